The van der Waals surface area contributed by atoms with Crippen LogP contribution in [0.5, 0.6) is 0 Å². The quantitative estimate of drug-likeness (QED) is 0.0239. The summed E-state index contributed by atoms with van der Waals surface area (Å²) in [5.74, 6) is -0.942. The van der Waals surface area contributed by atoms with E-state index in [9.17, 15) is 24.2 Å². The van der Waals surface area contributed by atoms with Crippen LogP contribution in [-0.4, -0.2) is 65.7 Å². The minimum Gasteiger partial charge on any atom is -0.462 e. The fourth-order valence-corrected chi connectivity index (χ4v) is 6.36. The van der Waals surface area contributed by atoms with Crippen LogP contribution in [0.25, 0.3) is 0 Å². The smallest absolute Gasteiger partial charge is 0.462 e. The van der Waals surface area contributed by atoms with Gasteiger partial charge >= 0.3 is 19.8 Å². The van der Waals surface area contributed by atoms with E-state index in [4.69, 9.17) is 19.1 Å². The summed E-state index contributed by atoms with van der Waals surface area (Å²) in [5, 5.41) is 18.3. The number of allylic oxidation sites excluding steroid dienone is 4. The second-order valence-electron chi connectivity index (χ2n) is 14.0. The average molecular weight is 761 g/mol. The van der Waals surface area contributed by atoms with Crippen molar-refractivity contribution < 1.29 is 47.8 Å². The van der Waals surface area contributed by atoms with Crippen LogP contribution in [0.1, 0.15) is 187 Å². The number of aliphatic hydroxyl groups is 2. The summed E-state index contributed by atoms with van der Waals surface area (Å²) in [5.41, 5.74) is 0. The maximum absolute atomic E-state index is 12.6. The van der Waals surface area contributed by atoms with Crippen LogP contribution in [0, 0.1) is 0 Å². The van der Waals surface area contributed by atoms with E-state index in [1.165, 1.54) is 70.6 Å². The Bertz CT molecular complexity index is 925. The number of ether oxygens (including phenoxy) is 2. The monoisotopic (exact) mass is 761 g/mol. The number of esters is 2. The van der Waals surface area contributed by atoms with Crippen molar-refractivity contribution in [1.82, 2.24) is 0 Å². The Morgan fingerprint density at radius 1 is 0.558 bits per heavy atom. The zero-order chi connectivity index (χ0) is 38.4. The van der Waals surface area contributed by atoms with E-state index in [2.05, 4.69) is 42.7 Å². The van der Waals surface area contributed by atoms with Gasteiger partial charge in [0, 0.05) is 12.8 Å². The molecule has 0 aromatic carbocycles. The van der Waals surface area contributed by atoms with E-state index >= 15 is 0 Å². The summed E-state index contributed by atoms with van der Waals surface area (Å²) in [6, 6.07) is 0. The second kappa shape index (κ2) is 37.8. The molecule has 0 rings (SSSR count). The number of carbonyl (C=O) groups is 2. The number of hydrogen-bond acceptors (Lipinski definition) is 9. The van der Waals surface area contributed by atoms with Crippen molar-refractivity contribution in [1.29, 1.82) is 0 Å². The first-order chi connectivity index (χ1) is 25.2. The summed E-state index contributed by atoms with van der Waals surface area (Å²) in [4.78, 5) is 34.9. The third-order valence-corrected chi connectivity index (χ3v) is 9.78. The first-order valence-corrected chi connectivity index (χ1v) is 22.3. The lowest BCUT2D eigenvalue weighted by Gasteiger charge is -2.20. The second-order valence-corrected chi connectivity index (χ2v) is 15.5. The topological polar surface area (TPSA) is 149 Å². The molecule has 0 aliphatic carbocycles. The zero-order valence-electron chi connectivity index (χ0n) is 33.0. The van der Waals surface area contributed by atoms with Crippen LogP contribution < -0.4 is 0 Å². The first-order valence-electron chi connectivity index (χ1n) is 20.8. The van der Waals surface area contributed by atoms with Crippen molar-refractivity contribution in [2.75, 3.05) is 26.4 Å². The molecule has 0 aliphatic heterocycles. The van der Waals surface area contributed by atoms with Crippen molar-refractivity contribution in [3.8, 4) is 0 Å². The van der Waals surface area contributed by atoms with Gasteiger partial charge in [0.15, 0.2) is 6.10 Å². The standard InChI is InChI=1S/C41H77O10P/c1-3-5-7-9-11-13-15-17-19-21-23-25-27-29-31-33-41(45)51-39(37-50-52(46,47)49-35-38(43)34-42)36-48-40(44)32-30-28-26-24-22-20-18-16-14-12-10-8-6-4-2/h16-19,38-39,42-43H,3-15,20-37H2,1-2H3,(H,46,47)/b18-16+,19-17+/t38-,39+/m0/s1. The van der Waals surface area contributed by atoms with Gasteiger partial charge in [-0.2, -0.15) is 0 Å². The number of carbonyl (C=O) groups excluding carboxylic acids is 2. The van der Waals surface area contributed by atoms with Crippen molar-refractivity contribution in [3.63, 3.8) is 0 Å². The molecule has 306 valence electrons. The minimum atomic E-state index is -4.61. The van der Waals surface area contributed by atoms with Crippen LogP contribution in [0.15, 0.2) is 24.3 Å². The molecule has 0 aromatic rings. The maximum atomic E-state index is 12.6. The van der Waals surface area contributed by atoms with Crippen LogP contribution >= 0.6 is 7.82 Å². The number of unbranched alkanes of at least 4 members (excludes halogenated alkanes) is 21. The third kappa shape index (κ3) is 36.8. The number of phosphoric ester groups is 1. The lowest BCUT2D eigenvalue weighted by atomic mass is 10.1. The molecule has 0 amide bonds. The van der Waals surface area contributed by atoms with Gasteiger partial charge in [-0.1, -0.05) is 134 Å². The fourth-order valence-electron chi connectivity index (χ4n) is 5.57. The predicted molar refractivity (Wildman–Crippen MR) is 210 cm³/mol. The van der Waals surface area contributed by atoms with Crippen molar-refractivity contribution in [2.45, 2.75) is 199 Å². The van der Waals surface area contributed by atoms with Gasteiger partial charge < -0.3 is 24.6 Å². The molecule has 3 atom stereocenters. The average Bonchev–Trinajstić information content (AvgIpc) is 3.13. The normalized spacial score (nSPS) is 14.2. The molecule has 0 spiro atoms. The van der Waals surface area contributed by atoms with Gasteiger partial charge in [-0.05, 0) is 64.2 Å². The molecule has 0 saturated heterocycles. The summed E-state index contributed by atoms with van der Waals surface area (Å²) in [6.07, 6.45) is 35.7. The van der Waals surface area contributed by atoms with Crippen molar-refractivity contribution in [2.24, 2.45) is 0 Å². The van der Waals surface area contributed by atoms with E-state index in [-0.39, 0.29) is 19.4 Å². The Kier molecular flexibility index (Phi) is 36.6. The van der Waals surface area contributed by atoms with Gasteiger partial charge in [0.25, 0.3) is 0 Å². The van der Waals surface area contributed by atoms with Gasteiger partial charge in [0.2, 0.25) is 0 Å². The van der Waals surface area contributed by atoms with Gasteiger partial charge in [0.05, 0.1) is 19.8 Å². The van der Waals surface area contributed by atoms with Crippen LogP contribution in [0.3, 0.4) is 0 Å². The Morgan fingerprint density at radius 3 is 1.38 bits per heavy atom. The van der Waals surface area contributed by atoms with E-state index in [0.29, 0.717) is 12.8 Å². The van der Waals surface area contributed by atoms with Gasteiger partial charge in [-0.15, -0.1) is 0 Å². The summed E-state index contributed by atoms with van der Waals surface area (Å²) in [6.45, 7) is 2.35. The molecule has 0 saturated carbocycles. The van der Waals surface area contributed by atoms with Crippen LogP contribution in [0.2, 0.25) is 0 Å². The van der Waals surface area contributed by atoms with Gasteiger partial charge in [0.1, 0.15) is 12.7 Å². The van der Waals surface area contributed by atoms with E-state index < -0.39 is 51.8 Å². The molecule has 52 heavy (non-hydrogen) atoms. The number of hydrogen-bond donors (Lipinski definition) is 3. The van der Waals surface area contributed by atoms with Crippen molar-refractivity contribution >= 4 is 19.8 Å². The maximum Gasteiger partial charge on any atom is 0.472 e. The molecule has 0 radical (unpaired) electrons. The molecule has 0 heterocycles. The fraction of sp³-hybridized carbons (Fsp3) is 0.854. The Labute approximate surface area is 317 Å². The van der Waals surface area contributed by atoms with E-state index in [1.807, 2.05) is 0 Å². The Morgan fingerprint density at radius 2 is 0.942 bits per heavy atom. The molecule has 1 unspecified atom stereocenters. The molecule has 10 nitrogen and oxygen atoms in total. The SMILES string of the molecule is CCCCCCC/C=C/CCCCCCCC(=O)OC[C@H](COP(=O)(O)OC[C@@H](O)CO)OC(=O)CCCCCCC/C=C/CCCCCCCC. The molecule has 3 N–H and O–H groups in total. The number of rotatable bonds is 39. The van der Waals surface area contributed by atoms with Gasteiger partial charge in [-0.3, -0.25) is 18.6 Å². The Balaban J connectivity index is 4.34. The third-order valence-electron chi connectivity index (χ3n) is 8.83. The van der Waals surface area contributed by atoms with Gasteiger partial charge in [-0.25, -0.2) is 4.57 Å². The molecular weight excluding hydrogens is 683 g/mol. The largest absolute Gasteiger partial charge is 0.472 e. The highest BCUT2D eigenvalue weighted by Gasteiger charge is 2.27. The lowest BCUT2D eigenvalue weighted by Crippen LogP contribution is -2.29. The van der Waals surface area contributed by atoms with E-state index in [0.717, 1.165) is 77.0 Å². The highest BCUT2D eigenvalue weighted by Crippen LogP contribution is 2.43. The lowest BCUT2D eigenvalue weighted by molar-refractivity contribution is -0.161. The first kappa shape index (κ1) is 50.5. The molecule has 0 aromatic heterocycles. The minimum absolute atomic E-state index is 0.174. The summed E-state index contributed by atoms with van der Waals surface area (Å²) >= 11 is 0. The molecule has 0 fully saturated rings. The molecular formula is C41H77O10P. The van der Waals surface area contributed by atoms with E-state index in [1.54, 1.807) is 0 Å². The zero-order valence-corrected chi connectivity index (χ0v) is 33.9. The summed E-state index contributed by atoms with van der Waals surface area (Å²) in [7, 11) is -4.61. The molecule has 0 aliphatic rings. The van der Waals surface area contributed by atoms with Crippen molar-refractivity contribution in [3.05, 3.63) is 24.3 Å². The van der Waals surface area contributed by atoms with Crippen LogP contribution in [0.4, 0.5) is 0 Å². The number of aliphatic hydroxyl groups excluding tert-OH is 2. The summed E-state index contributed by atoms with van der Waals surface area (Å²) < 4.78 is 32.6. The predicted octanol–water partition coefficient (Wildman–Crippen LogP) is 10.6. The molecule has 0 bridgehead atoms. The number of phosphoric acid groups is 1. The highest BCUT2D eigenvalue weighted by molar-refractivity contribution is 7.47. The Hall–Kier alpha value is -1.55. The highest BCUT2D eigenvalue weighted by atomic mass is 31.2. The van der Waals surface area contributed by atoms with Crippen LogP contribution in [-0.2, 0) is 32.7 Å². The molecule has 11 heteroatoms.